The van der Waals surface area contributed by atoms with Crippen molar-refractivity contribution in [3.05, 3.63) is 23.7 Å². The van der Waals surface area contributed by atoms with Crippen LogP contribution in [0.15, 0.2) is 12.3 Å². The van der Waals surface area contributed by atoms with Crippen LogP contribution in [-0.4, -0.2) is 33.2 Å². The van der Waals surface area contributed by atoms with E-state index in [-0.39, 0.29) is 5.91 Å². The summed E-state index contributed by atoms with van der Waals surface area (Å²) in [5.41, 5.74) is 1.81. The Kier molecular flexibility index (Phi) is 3.09. The molecule has 6 heteroatoms. The predicted octanol–water partition coefficient (Wildman–Crippen LogP) is 0.926. The van der Waals surface area contributed by atoms with Crippen molar-refractivity contribution in [2.24, 2.45) is 0 Å². The summed E-state index contributed by atoms with van der Waals surface area (Å²) in [6.07, 6.45) is 1.58. The second kappa shape index (κ2) is 4.52. The third-order valence-corrected chi connectivity index (χ3v) is 2.38. The van der Waals surface area contributed by atoms with E-state index in [0.717, 1.165) is 5.82 Å². The Morgan fingerprint density at radius 3 is 3.19 bits per heavy atom. The maximum atomic E-state index is 11.8. The van der Waals surface area contributed by atoms with Gasteiger partial charge in [0, 0.05) is 18.5 Å². The van der Waals surface area contributed by atoms with Crippen molar-refractivity contribution in [3.63, 3.8) is 0 Å². The largest absolute Gasteiger partial charge is 0.351 e. The van der Waals surface area contributed by atoms with Gasteiger partial charge in [-0.3, -0.25) is 4.79 Å². The molecule has 0 saturated carbocycles. The molecule has 0 aliphatic rings. The summed E-state index contributed by atoms with van der Waals surface area (Å²) in [7, 11) is 0. The molecule has 84 valence electrons. The summed E-state index contributed by atoms with van der Waals surface area (Å²) >= 11 is 4.04. The summed E-state index contributed by atoms with van der Waals surface area (Å²) in [4.78, 5) is 23.1. The van der Waals surface area contributed by atoms with Crippen LogP contribution < -0.4 is 5.32 Å². The Morgan fingerprint density at radius 2 is 2.44 bits per heavy atom. The molecule has 0 fully saturated rings. The number of aryl methyl sites for hydroxylation is 1. The highest BCUT2D eigenvalue weighted by atomic mass is 32.1. The number of carbonyl (C=O) groups excluding carboxylic acids is 1. The van der Waals surface area contributed by atoms with Gasteiger partial charge in [0.25, 0.3) is 5.91 Å². The molecule has 0 saturated heterocycles. The summed E-state index contributed by atoms with van der Waals surface area (Å²) in [5.74, 6) is 1.23. The average Bonchev–Trinajstić information content (AvgIpc) is 2.65. The van der Waals surface area contributed by atoms with E-state index in [1.807, 2.05) is 6.92 Å². The number of thiol groups is 1. The standard InChI is InChI=1S/C10H12N4OS/c1-6-13-8-7(10(15)12-4-5-16)2-3-11-9(8)14-6/h2-3,16H,4-5H2,1H3,(H,12,15)(H,11,13,14). The normalized spacial score (nSPS) is 10.6. The Bertz CT molecular complexity index is 523. The van der Waals surface area contributed by atoms with Crippen LogP contribution in [0.25, 0.3) is 11.2 Å². The van der Waals surface area contributed by atoms with E-state index in [1.165, 1.54) is 0 Å². The fraction of sp³-hybridized carbons (Fsp3) is 0.300. The summed E-state index contributed by atoms with van der Waals surface area (Å²) in [5, 5.41) is 2.76. The van der Waals surface area contributed by atoms with E-state index >= 15 is 0 Å². The number of imidazole rings is 1. The first-order chi connectivity index (χ1) is 7.72. The molecule has 0 unspecified atom stereocenters. The summed E-state index contributed by atoms with van der Waals surface area (Å²) in [6.45, 7) is 2.37. The van der Waals surface area contributed by atoms with Gasteiger partial charge in [-0.25, -0.2) is 9.97 Å². The zero-order valence-corrected chi connectivity index (χ0v) is 9.71. The summed E-state index contributed by atoms with van der Waals surface area (Å²) in [6, 6.07) is 1.67. The van der Waals surface area contributed by atoms with Crippen LogP contribution in [0, 0.1) is 6.92 Å². The van der Waals surface area contributed by atoms with Crippen molar-refractivity contribution in [2.45, 2.75) is 6.92 Å². The number of fused-ring (bicyclic) bond motifs is 1. The van der Waals surface area contributed by atoms with Gasteiger partial charge >= 0.3 is 0 Å². The first-order valence-electron chi connectivity index (χ1n) is 4.92. The van der Waals surface area contributed by atoms with E-state index < -0.39 is 0 Å². The maximum Gasteiger partial charge on any atom is 0.253 e. The third-order valence-electron chi connectivity index (χ3n) is 2.15. The van der Waals surface area contributed by atoms with E-state index in [0.29, 0.717) is 29.0 Å². The van der Waals surface area contributed by atoms with Gasteiger partial charge in [-0.05, 0) is 13.0 Å². The lowest BCUT2D eigenvalue weighted by atomic mass is 10.2. The van der Waals surface area contributed by atoms with Gasteiger partial charge < -0.3 is 10.3 Å². The number of hydrogen-bond acceptors (Lipinski definition) is 4. The van der Waals surface area contributed by atoms with Crippen LogP contribution in [0.4, 0.5) is 0 Å². The maximum absolute atomic E-state index is 11.8. The number of rotatable bonds is 3. The molecule has 16 heavy (non-hydrogen) atoms. The van der Waals surface area contributed by atoms with Crippen molar-refractivity contribution in [1.29, 1.82) is 0 Å². The minimum Gasteiger partial charge on any atom is -0.351 e. The molecule has 1 amide bonds. The van der Waals surface area contributed by atoms with Crippen LogP contribution in [0.5, 0.6) is 0 Å². The number of amides is 1. The molecule has 0 aliphatic heterocycles. The number of nitrogens with zero attached hydrogens (tertiary/aromatic N) is 2. The third kappa shape index (κ3) is 2.01. The lowest BCUT2D eigenvalue weighted by molar-refractivity contribution is 0.0957. The van der Waals surface area contributed by atoms with Gasteiger partial charge in [-0.2, -0.15) is 12.6 Å². The van der Waals surface area contributed by atoms with Gasteiger partial charge in [0.1, 0.15) is 5.82 Å². The number of H-pyrrole nitrogens is 1. The van der Waals surface area contributed by atoms with Gasteiger partial charge in [-0.15, -0.1) is 0 Å². The van der Waals surface area contributed by atoms with Crippen molar-refractivity contribution in [1.82, 2.24) is 20.3 Å². The number of carbonyl (C=O) groups is 1. The lowest BCUT2D eigenvalue weighted by Crippen LogP contribution is -2.25. The zero-order valence-electron chi connectivity index (χ0n) is 8.82. The minimum atomic E-state index is -0.134. The fourth-order valence-electron chi connectivity index (χ4n) is 1.48. The Morgan fingerprint density at radius 1 is 1.62 bits per heavy atom. The molecular formula is C10H12N4OS. The minimum absolute atomic E-state index is 0.134. The second-order valence-corrected chi connectivity index (χ2v) is 3.81. The molecule has 2 aromatic rings. The molecule has 0 bridgehead atoms. The van der Waals surface area contributed by atoms with Crippen molar-refractivity contribution >= 4 is 29.7 Å². The number of pyridine rings is 1. The second-order valence-electron chi connectivity index (χ2n) is 3.36. The molecule has 2 heterocycles. The SMILES string of the molecule is Cc1nc2nccc(C(=O)NCCS)c2[nH]1. The predicted molar refractivity (Wildman–Crippen MR) is 64.8 cm³/mol. The summed E-state index contributed by atoms with van der Waals surface area (Å²) < 4.78 is 0. The molecule has 2 rings (SSSR count). The first kappa shape index (κ1) is 10.9. The quantitative estimate of drug-likeness (QED) is 0.694. The molecule has 0 aromatic carbocycles. The van der Waals surface area contributed by atoms with E-state index in [2.05, 4.69) is 32.9 Å². The van der Waals surface area contributed by atoms with E-state index in [9.17, 15) is 4.79 Å². The molecule has 0 atom stereocenters. The van der Waals surface area contributed by atoms with Crippen LogP contribution in [0.2, 0.25) is 0 Å². The number of aromatic nitrogens is 3. The molecule has 0 aliphatic carbocycles. The molecule has 0 radical (unpaired) electrons. The van der Waals surface area contributed by atoms with Crippen LogP contribution in [-0.2, 0) is 0 Å². The highest BCUT2D eigenvalue weighted by molar-refractivity contribution is 7.80. The first-order valence-corrected chi connectivity index (χ1v) is 5.56. The molecule has 2 N–H and O–H groups in total. The molecular weight excluding hydrogens is 224 g/mol. The average molecular weight is 236 g/mol. The van der Waals surface area contributed by atoms with Crippen molar-refractivity contribution in [3.8, 4) is 0 Å². The van der Waals surface area contributed by atoms with Crippen LogP contribution in [0.1, 0.15) is 16.2 Å². The lowest BCUT2D eigenvalue weighted by Gasteiger charge is -2.03. The van der Waals surface area contributed by atoms with Crippen LogP contribution in [0.3, 0.4) is 0 Å². The number of nitrogens with one attached hydrogen (secondary N) is 2. The number of hydrogen-bond donors (Lipinski definition) is 3. The van der Waals surface area contributed by atoms with Gasteiger partial charge in [0.2, 0.25) is 0 Å². The molecule has 0 spiro atoms. The van der Waals surface area contributed by atoms with Gasteiger partial charge in [-0.1, -0.05) is 0 Å². The van der Waals surface area contributed by atoms with Crippen molar-refractivity contribution in [2.75, 3.05) is 12.3 Å². The monoisotopic (exact) mass is 236 g/mol. The highest BCUT2D eigenvalue weighted by Gasteiger charge is 2.12. The van der Waals surface area contributed by atoms with Gasteiger partial charge in [0.05, 0.1) is 11.1 Å². The van der Waals surface area contributed by atoms with Crippen molar-refractivity contribution < 1.29 is 4.79 Å². The zero-order chi connectivity index (χ0) is 11.5. The Balaban J connectivity index is 2.39. The van der Waals surface area contributed by atoms with E-state index in [1.54, 1.807) is 12.3 Å². The molecule has 5 nitrogen and oxygen atoms in total. The Hall–Kier alpha value is -1.56. The smallest absolute Gasteiger partial charge is 0.253 e. The topological polar surface area (TPSA) is 70.7 Å². The molecule has 2 aromatic heterocycles. The van der Waals surface area contributed by atoms with Crippen LogP contribution >= 0.6 is 12.6 Å². The Labute approximate surface area is 98.1 Å². The number of aromatic amines is 1. The fourth-order valence-corrected chi connectivity index (χ4v) is 1.59. The highest BCUT2D eigenvalue weighted by Crippen LogP contribution is 2.13. The van der Waals surface area contributed by atoms with E-state index in [4.69, 9.17) is 0 Å². The van der Waals surface area contributed by atoms with Gasteiger partial charge in [0.15, 0.2) is 5.65 Å².